The normalized spacial score (nSPS) is 17.5. The minimum Gasteiger partial charge on any atom is -0.494 e. The van der Waals surface area contributed by atoms with E-state index in [0.717, 1.165) is 0 Å². The van der Waals surface area contributed by atoms with Gasteiger partial charge in [0.2, 0.25) is 5.91 Å². The molecule has 1 heterocycles. The van der Waals surface area contributed by atoms with E-state index in [1.807, 2.05) is 0 Å². The van der Waals surface area contributed by atoms with E-state index in [4.69, 9.17) is 16.2 Å². The van der Waals surface area contributed by atoms with E-state index in [2.05, 4.69) is 0 Å². The molecule has 1 fully saturated rings. The maximum Gasteiger partial charge on any atom is 0.266 e. The molecule has 1 aliphatic rings. The van der Waals surface area contributed by atoms with Crippen molar-refractivity contribution < 1.29 is 18.3 Å². The minimum absolute atomic E-state index is 0.184. The van der Waals surface area contributed by atoms with Crippen LogP contribution in [-0.2, 0) is 0 Å². The maximum atomic E-state index is 13.3. The number of nitrogens with two attached hydrogens (primary N) is 2. The van der Waals surface area contributed by atoms with Crippen molar-refractivity contribution in [3.63, 3.8) is 0 Å². The molecule has 0 spiro atoms. The molecule has 5 nitrogen and oxygen atoms in total. The monoisotopic (exact) mass is 271 g/mol. The number of alkyl halides is 2. The second-order valence-electron chi connectivity index (χ2n) is 4.51. The summed E-state index contributed by atoms with van der Waals surface area (Å²) in [5.74, 6) is -3.12. The van der Waals surface area contributed by atoms with E-state index in [9.17, 15) is 13.6 Å². The van der Waals surface area contributed by atoms with Crippen LogP contribution in [0, 0.1) is 0 Å². The lowest BCUT2D eigenvalue weighted by Gasteiger charge is -2.23. The first-order valence-electron chi connectivity index (χ1n) is 5.74. The standard InChI is InChI=1S/C12H15F2N3O2/c1-19-9-5-7(11(16)18)4-8(15)10(9)17-3-2-12(13,14)6-17/h4-5H,2-3,6,15H2,1H3,(H2,16,18). The highest BCUT2D eigenvalue weighted by Gasteiger charge is 2.39. The molecule has 19 heavy (non-hydrogen) atoms. The van der Waals surface area contributed by atoms with Crippen molar-refractivity contribution in [1.82, 2.24) is 0 Å². The molecule has 1 saturated heterocycles. The fourth-order valence-corrected chi connectivity index (χ4v) is 2.19. The SMILES string of the molecule is COc1cc(C(N)=O)cc(N)c1N1CCC(F)(F)C1. The van der Waals surface area contributed by atoms with E-state index in [1.165, 1.54) is 24.1 Å². The number of carbonyl (C=O) groups is 1. The quantitative estimate of drug-likeness (QED) is 0.810. The van der Waals surface area contributed by atoms with Crippen LogP contribution in [0.25, 0.3) is 0 Å². The predicted molar refractivity (Wildman–Crippen MR) is 67.7 cm³/mol. The van der Waals surface area contributed by atoms with E-state index in [-0.39, 0.29) is 30.0 Å². The van der Waals surface area contributed by atoms with Crippen LogP contribution in [0.4, 0.5) is 20.2 Å². The molecule has 1 amide bonds. The average Bonchev–Trinajstić information content (AvgIpc) is 2.67. The van der Waals surface area contributed by atoms with Crippen molar-refractivity contribution in [3.05, 3.63) is 17.7 Å². The van der Waals surface area contributed by atoms with Gasteiger partial charge in [-0.3, -0.25) is 4.79 Å². The second kappa shape index (κ2) is 4.56. The Labute approximate surface area is 109 Å². The first-order valence-corrected chi connectivity index (χ1v) is 5.74. The van der Waals surface area contributed by atoms with Crippen LogP contribution in [0.5, 0.6) is 5.75 Å². The van der Waals surface area contributed by atoms with E-state index < -0.39 is 18.4 Å². The van der Waals surface area contributed by atoms with Crippen molar-refractivity contribution in [2.45, 2.75) is 12.3 Å². The molecule has 0 atom stereocenters. The van der Waals surface area contributed by atoms with Gasteiger partial charge in [-0.2, -0.15) is 0 Å². The predicted octanol–water partition coefficient (Wildman–Crippen LogP) is 1.22. The number of hydrogen-bond acceptors (Lipinski definition) is 4. The number of nitrogens with zero attached hydrogens (tertiary/aromatic N) is 1. The van der Waals surface area contributed by atoms with Crippen LogP contribution < -0.4 is 21.1 Å². The number of carbonyl (C=O) groups excluding carboxylic acids is 1. The van der Waals surface area contributed by atoms with Gasteiger partial charge in [-0.05, 0) is 12.1 Å². The third-order valence-electron chi connectivity index (χ3n) is 3.09. The van der Waals surface area contributed by atoms with Crippen molar-refractivity contribution >= 4 is 17.3 Å². The van der Waals surface area contributed by atoms with Crippen LogP contribution in [0.15, 0.2) is 12.1 Å². The number of nitrogen functional groups attached to an aromatic ring is 1. The number of amides is 1. The molecule has 0 aromatic heterocycles. The molecule has 1 aromatic rings. The molecule has 0 radical (unpaired) electrons. The molecular formula is C12H15F2N3O2. The van der Waals surface area contributed by atoms with Crippen LogP contribution >= 0.6 is 0 Å². The summed E-state index contributed by atoms with van der Waals surface area (Å²) < 4.78 is 31.6. The molecule has 104 valence electrons. The number of halogens is 2. The molecule has 4 N–H and O–H groups in total. The number of rotatable bonds is 3. The van der Waals surface area contributed by atoms with Gasteiger partial charge in [0.25, 0.3) is 5.92 Å². The number of primary amides is 1. The average molecular weight is 271 g/mol. The van der Waals surface area contributed by atoms with Crippen LogP contribution in [0.1, 0.15) is 16.8 Å². The smallest absolute Gasteiger partial charge is 0.266 e. The van der Waals surface area contributed by atoms with Gasteiger partial charge in [-0.15, -0.1) is 0 Å². The lowest BCUT2D eigenvalue weighted by atomic mass is 10.1. The Bertz CT molecular complexity index is 520. The molecular weight excluding hydrogens is 256 g/mol. The zero-order valence-corrected chi connectivity index (χ0v) is 10.5. The third-order valence-corrected chi connectivity index (χ3v) is 3.09. The van der Waals surface area contributed by atoms with Crippen LogP contribution in [-0.4, -0.2) is 32.0 Å². The highest BCUT2D eigenvalue weighted by Crippen LogP contribution is 2.40. The zero-order valence-electron chi connectivity index (χ0n) is 10.5. The largest absolute Gasteiger partial charge is 0.494 e. The van der Waals surface area contributed by atoms with Gasteiger partial charge < -0.3 is 21.1 Å². The number of methoxy groups -OCH3 is 1. The summed E-state index contributed by atoms with van der Waals surface area (Å²) in [6, 6.07) is 2.78. The summed E-state index contributed by atoms with van der Waals surface area (Å²) in [4.78, 5) is 12.6. The van der Waals surface area contributed by atoms with E-state index >= 15 is 0 Å². The minimum atomic E-state index is -2.74. The fourth-order valence-electron chi connectivity index (χ4n) is 2.19. The third kappa shape index (κ3) is 2.54. The van der Waals surface area contributed by atoms with Crippen molar-refractivity contribution in [2.24, 2.45) is 5.73 Å². The lowest BCUT2D eigenvalue weighted by Crippen LogP contribution is -2.26. The number of hydrogen-bond donors (Lipinski definition) is 2. The second-order valence-corrected chi connectivity index (χ2v) is 4.51. The summed E-state index contributed by atoms with van der Waals surface area (Å²) >= 11 is 0. The summed E-state index contributed by atoms with van der Waals surface area (Å²) in [5, 5.41) is 0. The Morgan fingerprint density at radius 1 is 1.47 bits per heavy atom. The molecule has 2 rings (SSSR count). The fraction of sp³-hybridized carbons (Fsp3) is 0.417. The van der Waals surface area contributed by atoms with Crippen LogP contribution in [0.3, 0.4) is 0 Å². The zero-order chi connectivity index (χ0) is 14.2. The van der Waals surface area contributed by atoms with Crippen molar-refractivity contribution in [2.75, 3.05) is 30.8 Å². The van der Waals surface area contributed by atoms with E-state index in [0.29, 0.717) is 5.69 Å². The highest BCUT2D eigenvalue weighted by molar-refractivity contribution is 5.96. The molecule has 0 bridgehead atoms. The summed E-state index contributed by atoms with van der Waals surface area (Å²) in [6.45, 7) is -0.229. The van der Waals surface area contributed by atoms with Gasteiger partial charge >= 0.3 is 0 Å². The van der Waals surface area contributed by atoms with Crippen molar-refractivity contribution in [1.29, 1.82) is 0 Å². The van der Waals surface area contributed by atoms with Gasteiger partial charge in [0, 0.05) is 18.5 Å². The first kappa shape index (κ1) is 13.4. The molecule has 0 aliphatic carbocycles. The summed E-state index contributed by atoms with van der Waals surface area (Å²) in [7, 11) is 1.39. The summed E-state index contributed by atoms with van der Waals surface area (Å²) in [6.07, 6.45) is -0.229. The number of benzene rings is 1. The first-order chi connectivity index (χ1) is 8.84. The van der Waals surface area contributed by atoms with Crippen molar-refractivity contribution in [3.8, 4) is 5.75 Å². The summed E-state index contributed by atoms with van der Waals surface area (Å²) in [5.41, 5.74) is 11.8. The van der Waals surface area contributed by atoms with Crippen LogP contribution in [0.2, 0.25) is 0 Å². The molecule has 1 aliphatic heterocycles. The van der Waals surface area contributed by atoms with Gasteiger partial charge in [0.15, 0.2) is 0 Å². The Morgan fingerprint density at radius 3 is 2.63 bits per heavy atom. The lowest BCUT2D eigenvalue weighted by molar-refractivity contribution is 0.0257. The molecule has 1 aromatic carbocycles. The molecule has 7 heteroatoms. The molecule has 0 unspecified atom stereocenters. The Hall–Kier alpha value is -2.05. The molecule has 0 saturated carbocycles. The van der Waals surface area contributed by atoms with Gasteiger partial charge in [-0.1, -0.05) is 0 Å². The van der Waals surface area contributed by atoms with E-state index in [1.54, 1.807) is 0 Å². The Kier molecular flexibility index (Phi) is 3.21. The number of ether oxygens (including phenoxy) is 1. The number of anilines is 2. The Balaban J connectivity index is 2.43. The van der Waals surface area contributed by atoms with Gasteiger partial charge in [0.1, 0.15) is 11.4 Å². The Morgan fingerprint density at radius 2 is 2.16 bits per heavy atom. The van der Waals surface area contributed by atoms with Gasteiger partial charge in [0.05, 0.1) is 19.3 Å². The van der Waals surface area contributed by atoms with Gasteiger partial charge in [-0.25, -0.2) is 8.78 Å². The maximum absolute atomic E-state index is 13.3. The topological polar surface area (TPSA) is 81.6 Å². The highest BCUT2D eigenvalue weighted by atomic mass is 19.3.